The lowest BCUT2D eigenvalue weighted by atomic mass is 10.1. The average Bonchev–Trinajstić information content (AvgIpc) is 2.78. The third-order valence-corrected chi connectivity index (χ3v) is 5.30. The van der Waals surface area contributed by atoms with Gasteiger partial charge in [-0.1, -0.05) is 23.7 Å². The average molecular weight is 443 g/mol. The number of esters is 1. The van der Waals surface area contributed by atoms with Crippen molar-refractivity contribution in [1.82, 2.24) is 4.98 Å². The molecule has 1 N–H and O–H groups in total. The first-order valence-corrected chi connectivity index (χ1v) is 9.90. The normalized spacial score (nSPS) is 13.8. The van der Waals surface area contributed by atoms with Crippen LogP contribution in [-0.2, 0) is 9.47 Å². The Morgan fingerprint density at radius 2 is 2.06 bits per heavy atom. The minimum Gasteiger partial charge on any atom is -0.465 e. The Kier molecular flexibility index (Phi) is 5.88. The quantitative estimate of drug-likeness (QED) is 0.356. The summed E-state index contributed by atoms with van der Waals surface area (Å²) in [4.78, 5) is 30.0. The molecule has 1 aromatic heterocycles. The van der Waals surface area contributed by atoms with Crippen LogP contribution in [0.5, 0.6) is 0 Å². The molecule has 0 saturated carbocycles. The molecule has 4 rings (SSSR count). The van der Waals surface area contributed by atoms with Gasteiger partial charge in [-0.25, -0.2) is 4.79 Å². The van der Waals surface area contributed by atoms with Crippen molar-refractivity contribution in [3.8, 4) is 0 Å². The molecule has 1 fully saturated rings. The molecule has 9 nitrogen and oxygen atoms in total. The highest BCUT2D eigenvalue weighted by Gasteiger charge is 2.28. The third kappa shape index (κ3) is 4.23. The van der Waals surface area contributed by atoms with E-state index in [-0.39, 0.29) is 16.9 Å². The Bertz CT molecular complexity index is 1160. The Morgan fingerprint density at radius 1 is 1.29 bits per heavy atom. The molecular weight excluding hydrogens is 424 g/mol. The first kappa shape index (κ1) is 20.8. The molecule has 1 aliphatic heterocycles. The van der Waals surface area contributed by atoms with Crippen molar-refractivity contribution < 1.29 is 19.2 Å². The van der Waals surface area contributed by atoms with Crippen LogP contribution < -0.4 is 10.2 Å². The second-order valence-electron chi connectivity index (χ2n) is 6.90. The maximum absolute atomic E-state index is 12.4. The maximum atomic E-state index is 12.4. The van der Waals surface area contributed by atoms with Crippen LogP contribution in [0.25, 0.3) is 10.9 Å². The highest BCUT2D eigenvalue weighted by Crippen LogP contribution is 2.37. The number of nitrogens with zero attached hydrogens (tertiary/aromatic N) is 3. The maximum Gasteiger partial charge on any atom is 0.345 e. The first-order chi connectivity index (χ1) is 15.0. The smallest absolute Gasteiger partial charge is 0.345 e. The summed E-state index contributed by atoms with van der Waals surface area (Å²) in [5, 5.41) is 16.2. The van der Waals surface area contributed by atoms with Crippen molar-refractivity contribution in [2.75, 3.05) is 43.6 Å². The van der Waals surface area contributed by atoms with Gasteiger partial charge in [-0.15, -0.1) is 0 Å². The van der Waals surface area contributed by atoms with Gasteiger partial charge >= 0.3 is 11.7 Å². The third-order valence-electron chi connectivity index (χ3n) is 5.00. The SMILES string of the molecule is COC(=O)c1cc(N2CCOCC2)cc(Nc2cnc3c(Cl)cccc3c2)c1[N+](=O)[O-]. The largest absolute Gasteiger partial charge is 0.465 e. The van der Waals surface area contributed by atoms with Crippen LogP contribution in [-0.4, -0.2) is 49.3 Å². The van der Waals surface area contributed by atoms with Gasteiger partial charge in [0.05, 0.1) is 47.7 Å². The molecule has 1 saturated heterocycles. The molecule has 160 valence electrons. The minimum atomic E-state index is -0.784. The van der Waals surface area contributed by atoms with Gasteiger partial charge < -0.3 is 19.7 Å². The van der Waals surface area contributed by atoms with Crippen LogP contribution in [0.15, 0.2) is 42.6 Å². The lowest BCUT2D eigenvalue weighted by molar-refractivity contribution is -0.384. The summed E-state index contributed by atoms with van der Waals surface area (Å²) in [6, 6.07) is 10.3. The van der Waals surface area contributed by atoms with E-state index >= 15 is 0 Å². The minimum absolute atomic E-state index is 0.129. The molecular formula is C21H19ClN4O5. The van der Waals surface area contributed by atoms with Crippen LogP contribution in [0.2, 0.25) is 5.02 Å². The van der Waals surface area contributed by atoms with Crippen molar-refractivity contribution in [1.29, 1.82) is 0 Å². The monoisotopic (exact) mass is 442 g/mol. The van der Waals surface area contributed by atoms with E-state index in [2.05, 4.69) is 10.3 Å². The summed E-state index contributed by atoms with van der Waals surface area (Å²) in [7, 11) is 1.19. The van der Waals surface area contributed by atoms with E-state index < -0.39 is 10.9 Å². The van der Waals surface area contributed by atoms with Crippen LogP contribution in [0.4, 0.5) is 22.7 Å². The number of methoxy groups -OCH3 is 1. The number of nitro benzene ring substituents is 1. The fourth-order valence-electron chi connectivity index (χ4n) is 3.53. The number of nitro groups is 1. The van der Waals surface area contributed by atoms with Gasteiger partial charge in [-0.3, -0.25) is 15.1 Å². The zero-order chi connectivity index (χ0) is 22.0. The zero-order valence-electron chi connectivity index (χ0n) is 16.6. The van der Waals surface area contributed by atoms with Gasteiger partial charge in [-0.05, 0) is 24.3 Å². The molecule has 0 bridgehead atoms. The Morgan fingerprint density at radius 3 is 2.77 bits per heavy atom. The molecule has 0 atom stereocenters. The van der Waals surface area contributed by atoms with Crippen molar-refractivity contribution in [2.24, 2.45) is 0 Å². The number of ether oxygens (including phenoxy) is 2. The number of halogens is 1. The predicted molar refractivity (Wildman–Crippen MR) is 118 cm³/mol. The summed E-state index contributed by atoms with van der Waals surface area (Å²) in [6.07, 6.45) is 1.54. The van der Waals surface area contributed by atoms with E-state index in [4.69, 9.17) is 21.1 Å². The van der Waals surface area contributed by atoms with Gasteiger partial charge in [-0.2, -0.15) is 0 Å². The van der Waals surface area contributed by atoms with Crippen LogP contribution >= 0.6 is 11.6 Å². The standard InChI is InChI=1S/C21H19ClN4O5/c1-30-21(27)16-10-15(25-5-7-31-8-6-25)11-18(20(16)26(28)29)24-14-9-13-3-2-4-17(22)19(13)23-12-14/h2-4,9-12,24H,5-8H2,1H3. The van der Waals surface area contributed by atoms with E-state index in [1.807, 2.05) is 11.0 Å². The highest BCUT2D eigenvalue weighted by atomic mass is 35.5. The zero-order valence-corrected chi connectivity index (χ0v) is 17.4. The van der Waals surface area contributed by atoms with Crippen LogP contribution in [0, 0.1) is 10.1 Å². The van der Waals surface area contributed by atoms with Crippen molar-refractivity contribution >= 4 is 51.2 Å². The summed E-state index contributed by atoms with van der Waals surface area (Å²) >= 11 is 6.18. The number of fused-ring (bicyclic) bond motifs is 1. The van der Waals surface area contributed by atoms with Gasteiger partial charge in [0.2, 0.25) is 0 Å². The molecule has 1 aliphatic rings. The predicted octanol–water partition coefficient (Wildman–Crippen LogP) is 4.16. The number of pyridine rings is 1. The topological polar surface area (TPSA) is 107 Å². The Hall–Kier alpha value is -3.43. The number of carbonyl (C=O) groups excluding carboxylic acids is 1. The molecule has 0 aliphatic carbocycles. The van der Waals surface area contributed by atoms with Gasteiger partial charge in [0.25, 0.3) is 0 Å². The van der Waals surface area contributed by atoms with Crippen molar-refractivity contribution in [2.45, 2.75) is 0 Å². The Balaban J connectivity index is 1.82. The van der Waals surface area contributed by atoms with E-state index in [1.54, 1.807) is 24.3 Å². The van der Waals surface area contributed by atoms with Crippen molar-refractivity contribution in [3.05, 3.63) is 63.3 Å². The summed E-state index contributed by atoms with van der Waals surface area (Å²) in [6.45, 7) is 2.27. The lowest BCUT2D eigenvalue weighted by Crippen LogP contribution is -2.36. The molecule has 0 unspecified atom stereocenters. The van der Waals surface area contributed by atoms with Gasteiger partial charge in [0, 0.05) is 24.2 Å². The van der Waals surface area contributed by atoms with Crippen molar-refractivity contribution in [3.63, 3.8) is 0 Å². The van der Waals surface area contributed by atoms with E-state index in [1.165, 1.54) is 19.4 Å². The second kappa shape index (κ2) is 8.75. The molecule has 2 aromatic carbocycles. The molecule has 0 amide bonds. The summed E-state index contributed by atoms with van der Waals surface area (Å²) in [5.74, 6) is -0.784. The molecule has 31 heavy (non-hydrogen) atoms. The van der Waals surface area contributed by atoms with Crippen LogP contribution in [0.3, 0.4) is 0 Å². The number of morpholine rings is 1. The molecule has 10 heteroatoms. The van der Waals surface area contributed by atoms with Gasteiger partial charge in [0.1, 0.15) is 11.3 Å². The summed E-state index contributed by atoms with van der Waals surface area (Å²) < 4.78 is 10.2. The van der Waals surface area contributed by atoms with E-state index in [0.29, 0.717) is 48.2 Å². The first-order valence-electron chi connectivity index (χ1n) is 9.52. The number of hydrogen-bond acceptors (Lipinski definition) is 8. The fraction of sp³-hybridized carbons (Fsp3) is 0.238. The second-order valence-corrected chi connectivity index (χ2v) is 7.31. The van der Waals surface area contributed by atoms with Gasteiger partial charge in [0.15, 0.2) is 0 Å². The number of anilines is 3. The molecule has 0 radical (unpaired) electrons. The molecule has 2 heterocycles. The number of carbonyl (C=O) groups is 1. The molecule has 3 aromatic rings. The van der Waals surface area contributed by atoms with E-state index in [9.17, 15) is 14.9 Å². The highest BCUT2D eigenvalue weighted by molar-refractivity contribution is 6.35. The number of rotatable bonds is 5. The molecule has 0 spiro atoms. The number of para-hydroxylation sites is 1. The fourth-order valence-corrected chi connectivity index (χ4v) is 3.76. The summed E-state index contributed by atoms with van der Waals surface area (Å²) in [5.41, 5.74) is 1.48. The van der Waals surface area contributed by atoms with E-state index in [0.717, 1.165) is 5.39 Å². The number of hydrogen-bond donors (Lipinski definition) is 1. The number of aromatic nitrogens is 1. The number of nitrogens with one attached hydrogen (secondary N) is 1. The Labute approximate surface area is 182 Å². The number of benzene rings is 2. The van der Waals surface area contributed by atoms with Crippen LogP contribution in [0.1, 0.15) is 10.4 Å². The lowest BCUT2D eigenvalue weighted by Gasteiger charge is -2.29.